The van der Waals surface area contributed by atoms with Crippen LogP contribution in [0.25, 0.3) is 16.7 Å². The molecule has 0 atom stereocenters. The quantitative estimate of drug-likeness (QED) is 0.166. The molecule has 0 bridgehead atoms. The lowest BCUT2D eigenvalue weighted by molar-refractivity contribution is 0.655. The van der Waals surface area contributed by atoms with Crippen LogP contribution < -0.4 is 22.5 Å². The minimum absolute atomic E-state index is 0.123. The molecule has 35 heavy (non-hydrogen) atoms. The number of aryl methyl sites for hydroxylation is 1. The van der Waals surface area contributed by atoms with Gasteiger partial charge < -0.3 is 21.8 Å². The highest BCUT2D eigenvalue weighted by molar-refractivity contribution is 5.76. The first-order valence-corrected chi connectivity index (χ1v) is 12.4. The summed E-state index contributed by atoms with van der Waals surface area (Å²) < 4.78 is 1.56. The summed E-state index contributed by atoms with van der Waals surface area (Å²) >= 11 is 0. The Morgan fingerprint density at radius 1 is 1.14 bits per heavy atom. The molecule has 0 radical (unpaired) electrons. The molecule has 0 saturated carbocycles. The van der Waals surface area contributed by atoms with Crippen LogP contribution in [-0.2, 0) is 6.54 Å². The van der Waals surface area contributed by atoms with Gasteiger partial charge >= 0.3 is 5.69 Å². The summed E-state index contributed by atoms with van der Waals surface area (Å²) in [6.07, 6.45) is 7.93. The minimum Gasteiger partial charge on any atom is -0.370 e. The molecule has 8 heteroatoms. The number of rotatable bonds is 7. The van der Waals surface area contributed by atoms with Crippen molar-refractivity contribution >= 4 is 17.0 Å². The molecule has 194 valence electrons. The van der Waals surface area contributed by atoms with Crippen LogP contribution in [0.15, 0.2) is 58.5 Å². The first kappa shape index (κ1) is 31.6. The van der Waals surface area contributed by atoms with E-state index in [0.29, 0.717) is 12.2 Å². The lowest BCUT2D eigenvalue weighted by atomic mass is 10.2. The summed E-state index contributed by atoms with van der Waals surface area (Å²) in [7, 11) is 0. The highest BCUT2D eigenvalue weighted by Crippen LogP contribution is 2.13. The van der Waals surface area contributed by atoms with E-state index in [1.807, 2.05) is 83.3 Å². The van der Waals surface area contributed by atoms with Gasteiger partial charge in [-0.25, -0.2) is 4.79 Å². The van der Waals surface area contributed by atoms with Crippen molar-refractivity contribution in [2.75, 3.05) is 13.1 Å². The second-order valence-corrected chi connectivity index (χ2v) is 7.53. The number of nitrogens with zero attached hydrogens (tertiary/aromatic N) is 3. The number of nitrogens with one attached hydrogen (secondary N) is 2. The molecule has 0 spiro atoms. The Hall–Kier alpha value is -3.39. The van der Waals surface area contributed by atoms with Gasteiger partial charge in [-0.2, -0.15) is 4.98 Å². The molecule has 2 heterocycles. The SMILES string of the molecule is C/C=C\C.CC.CCC.Cc1cc2cn(-c3ccc(CNCCCN=C(N)N)cc3)c(=O)nc2[nH]1. The maximum absolute atomic E-state index is 12.2. The number of hydrogen-bond donors (Lipinski definition) is 4. The average molecular weight is 484 g/mol. The van der Waals surface area contributed by atoms with Gasteiger partial charge in [-0.05, 0) is 57.5 Å². The largest absolute Gasteiger partial charge is 0.370 e. The molecule has 0 amide bonds. The van der Waals surface area contributed by atoms with E-state index in [9.17, 15) is 4.79 Å². The third kappa shape index (κ3) is 12.6. The van der Waals surface area contributed by atoms with Gasteiger partial charge in [0.15, 0.2) is 5.96 Å². The van der Waals surface area contributed by atoms with Crippen molar-refractivity contribution in [1.29, 1.82) is 0 Å². The number of benzene rings is 1. The summed E-state index contributed by atoms with van der Waals surface area (Å²) in [5.41, 5.74) is 13.8. The summed E-state index contributed by atoms with van der Waals surface area (Å²) in [4.78, 5) is 23.3. The van der Waals surface area contributed by atoms with Gasteiger partial charge in [-0.15, -0.1) is 0 Å². The van der Waals surface area contributed by atoms with E-state index in [0.717, 1.165) is 41.8 Å². The molecule has 3 rings (SSSR count). The molecule has 0 unspecified atom stereocenters. The van der Waals surface area contributed by atoms with Crippen LogP contribution in [-0.4, -0.2) is 33.6 Å². The van der Waals surface area contributed by atoms with E-state index in [2.05, 4.69) is 34.1 Å². The smallest absolute Gasteiger partial charge is 0.354 e. The first-order valence-electron chi connectivity index (χ1n) is 12.4. The third-order valence-corrected chi connectivity index (χ3v) is 4.33. The Morgan fingerprint density at radius 3 is 2.29 bits per heavy atom. The zero-order valence-electron chi connectivity index (χ0n) is 22.6. The maximum Gasteiger partial charge on any atom is 0.354 e. The van der Waals surface area contributed by atoms with E-state index in [1.54, 1.807) is 4.57 Å². The summed E-state index contributed by atoms with van der Waals surface area (Å²) in [6, 6.07) is 9.81. The molecule has 0 saturated heterocycles. The Kier molecular flexibility index (Phi) is 17.1. The predicted molar refractivity (Wildman–Crippen MR) is 151 cm³/mol. The van der Waals surface area contributed by atoms with E-state index in [-0.39, 0.29) is 11.6 Å². The molecule has 0 aliphatic carbocycles. The molecule has 8 nitrogen and oxygen atoms in total. The second kappa shape index (κ2) is 19.0. The lowest BCUT2D eigenvalue weighted by Gasteiger charge is -2.08. The molecule has 3 aromatic rings. The van der Waals surface area contributed by atoms with Gasteiger partial charge in [0, 0.05) is 30.4 Å². The van der Waals surface area contributed by atoms with Crippen LogP contribution in [0.1, 0.15) is 65.6 Å². The zero-order chi connectivity index (χ0) is 26.6. The lowest BCUT2D eigenvalue weighted by Crippen LogP contribution is -2.23. The fraction of sp³-hybridized carbons (Fsp3) is 0.444. The highest BCUT2D eigenvalue weighted by atomic mass is 16.1. The van der Waals surface area contributed by atoms with Crippen molar-refractivity contribution in [2.24, 2.45) is 16.5 Å². The Morgan fingerprint density at radius 2 is 1.74 bits per heavy atom. The number of guanidine groups is 1. The number of fused-ring (bicyclic) bond motifs is 1. The fourth-order valence-corrected chi connectivity index (χ4v) is 2.74. The maximum atomic E-state index is 12.2. The van der Waals surface area contributed by atoms with E-state index < -0.39 is 0 Å². The fourth-order valence-electron chi connectivity index (χ4n) is 2.74. The van der Waals surface area contributed by atoms with Crippen LogP contribution in [0.5, 0.6) is 0 Å². The van der Waals surface area contributed by atoms with Crippen molar-refractivity contribution < 1.29 is 0 Å². The van der Waals surface area contributed by atoms with Crippen LogP contribution in [0.4, 0.5) is 0 Å². The van der Waals surface area contributed by atoms with Crippen molar-refractivity contribution in [1.82, 2.24) is 19.9 Å². The standard InChI is InChI=1S/C18H23N7O.C4H8.C3H8.C2H6/c1-12-9-14-11-25(18(26)24-16(14)23-12)15-5-3-13(4-6-15)10-21-7-2-8-22-17(19)20;1-3-4-2;1-3-2;1-2/h3-6,9,11,21H,2,7-8,10H2,1H3,(H4,19,20,22)(H,23,24,26);3-4H,1-2H3;3H2,1-2H3;1-2H3/b;4-3-;;. The summed E-state index contributed by atoms with van der Waals surface area (Å²) in [6.45, 7) is 16.4. The first-order chi connectivity index (χ1) is 16.9. The Bertz CT molecular complexity index is 1060. The average Bonchev–Trinajstić information content (AvgIpc) is 3.21. The molecule has 1 aromatic carbocycles. The molecule has 6 N–H and O–H groups in total. The number of aromatic nitrogens is 3. The number of nitrogens with two attached hydrogens (primary N) is 2. The summed E-state index contributed by atoms with van der Waals surface area (Å²) in [5.74, 6) is 0.123. The second-order valence-electron chi connectivity index (χ2n) is 7.53. The van der Waals surface area contributed by atoms with Gasteiger partial charge in [-0.1, -0.05) is 58.4 Å². The number of aromatic amines is 1. The number of allylic oxidation sites excluding steroid dienone is 2. The van der Waals surface area contributed by atoms with Crippen molar-refractivity contribution in [3.63, 3.8) is 0 Å². The van der Waals surface area contributed by atoms with E-state index >= 15 is 0 Å². The summed E-state index contributed by atoms with van der Waals surface area (Å²) in [5, 5.41) is 4.25. The predicted octanol–water partition coefficient (Wildman–Crippen LogP) is 4.80. The van der Waals surface area contributed by atoms with Gasteiger partial charge in [-0.3, -0.25) is 9.56 Å². The monoisotopic (exact) mass is 483 g/mol. The molecule has 0 fully saturated rings. The number of aliphatic imine (C=N–C) groups is 1. The van der Waals surface area contributed by atoms with Crippen molar-refractivity contribution in [3.8, 4) is 5.69 Å². The molecular weight excluding hydrogens is 438 g/mol. The van der Waals surface area contributed by atoms with E-state index in [4.69, 9.17) is 11.5 Å². The molecular formula is C27H45N7O. The van der Waals surface area contributed by atoms with Crippen LogP contribution >= 0.6 is 0 Å². The van der Waals surface area contributed by atoms with Crippen LogP contribution in [0, 0.1) is 6.92 Å². The normalized spacial score (nSPS) is 9.91. The number of H-pyrrole nitrogens is 1. The zero-order valence-corrected chi connectivity index (χ0v) is 22.6. The highest BCUT2D eigenvalue weighted by Gasteiger charge is 2.06. The Balaban J connectivity index is 0.00000112. The molecule has 0 aliphatic rings. The van der Waals surface area contributed by atoms with Gasteiger partial charge in [0.25, 0.3) is 0 Å². The van der Waals surface area contributed by atoms with Crippen molar-refractivity contribution in [2.45, 2.75) is 67.9 Å². The Labute approximate surface area is 210 Å². The minimum atomic E-state index is -0.301. The van der Waals surface area contributed by atoms with Crippen LogP contribution in [0.3, 0.4) is 0 Å². The molecule has 0 aliphatic heterocycles. The molecule has 2 aromatic heterocycles. The third-order valence-electron chi connectivity index (χ3n) is 4.33. The van der Waals surface area contributed by atoms with Crippen LogP contribution in [0.2, 0.25) is 0 Å². The number of hydrogen-bond acceptors (Lipinski definition) is 4. The van der Waals surface area contributed by atoms with Gasteiger partial charge in [0.2, 0.25) is 0 Å². The van der Waals surface area contributed by atoms with Gasteiger partial charge in [0.1, 0.15) is 5.65 Å². The topological polar surface area (TPSA) is 127 Å². The van der Waals surface area contributed by atoms with E-state index in [1.165, 1.54) is 6.42 Å². The van der Waals surface area contributed by atoms with Crippen molar-refractivity contribution in [3.05, 3.63) is 70.4 Å². The van der Waals surface area contributed by atoms with Gasteiger partial charge in [0.05, 0.1) is 5.69 Å².